The van der Waals surface area contributed by atoms with Gasteiger partial charge in [-0.2, -0.15) is 6.42 Å². The van der Waals surface area contributed by atoms with Crippen molar-refractivity contribution in [1.29, 1.82) is 0 Å². The summed E-state index contributed by atoms with van der Waals surface area (Å²) in [6, 6.07) is 16.9. The van der Waals surface area contributed by atoms with Gasteiger partial charge in [-0.15, -0.1) is 0 Å². The monoisotopic (exact) mass is 439 g/mol. The Labute approximate surface area is 186 Å². The Hall–Kier alpha value is -1.33. The van der Waals surface area contributed by atoms with Crippen LogP contribution in [-0.2, 0) is 42.2 Å². The summed E-state index contributed by atoms with van der Waals surface area (Å²) in [6.07, 6.45) is 5.57. The Morgan fingerprint density at radius 1 is 1.11 bits per heavy atom. The van der Waals surface area contributed by atoms with E-state index in [1.165, 1.54) is 0 Å². The van der Waals surface area contributed by atoms with E-state index in [1.54, 1.807) is 4.90 Å². The normalized spacial score (nSPS) is 17.9. The number of amides is 1. The standard InChI is InChI=1S/C22H24NO3.Y/c1-2-3-4-8-11-21-23(20(24)16-26-21)19-14-12-18(13-15-19)22(25)17-9-6-5-7-10-17;/h4-10,12-15,21-22,25H,1-3,11,16H2;/q-1;/b8-4-;. The third kappa shape index (κ3) is 5.58. The summed E-state index contributed by atoms with van der Waals surface area (Å²) in [4.78, 5) is 13.9. The van der Waals surface area contributed by atoms with Crippen molar-refractivity contribution >= 4 is 11.6 Å². The van der Waals surface area contributed by atoms with Gasteiger partial charge in [-0.25, -0.2) is 0 Å². The molecule has 27 heavy (non-hydrogen) atoms. The predicted molar refractivity (Wildman–Crippen MR) is 103 cm³/mol. The molecule has 1 aliphatic heterocycles. The average Bonchev–Trinajstić information content (AvgIpc) is 3.06. The van der Waals surface area contributed by atoms with E-state index in [9.17, 15) is 9.90 Å². The first-order valence-corrected chi connectivity index (χ1v) is 8.91. The number of ether oxygens (including phenoxy) is 1. The van der Waals surface area contributed by atoms with Crippen LogP contribution in [0.3, 0.4) is 0 Å². The van der Waals surface area contributed by atoms with E-state index in [4.69, 9.17) is 4.74 Å². The zero-order valence-corrected chi connectivity index (χ0v) is 18.2. The number of aliphatic hydroxyl groups excluding tert-OH is 1. The molecule has 2 unspecified atom stereocenters. The van der Waals surface area contributed by atoms with Gasteiger partial charge in [0.05, 0.1) is 0 Å². The second-order valence-electron chi connectivity index (χ2n) is 6.28. The molecule has 0 aromatic heterocycles. The summed E-state index contributed by atoms with van der Waals surface area (Å²) in [7, 11) is 0. The molecule has 1 saturated heterocycles. The molecule has 1 fully saturated rings. The second-order valence-corrected chi connectivity index (χ2v) is 6.28. The summed E-state index contributed by atoms with van der Waals surface area (Å²) in [5, 5.41) is 10.5. The Balaban J connectivity index is 0.00000261. The maximum absolute atomic E-state index is 12.2. The Morgan fingerprint density at radius 3 is 2.44 bits per heavy atom. The van der Waals surface area contributed by atoms with Crippen LogP contribution in [0.25, 0.3) is 0 Å². The summed E-state index contributed by atoms with van der Waals surface area (Å²) in [5.74, 6) is -0.0445. The van der Waals surface area contributed by atoms with Crippen LogP contribution in [0.4, 0.5) is 5.69 Å². The van der Waals surface area contributed by atoms with Crippen molar-refractivity contribution < 1.29 is 47.3 Å². The molecule has 1 amide bonds. The van der Waals surface area contributed by atoms with Crippen LogP contribution in [-0.4, -0.2) is 23.8 Å². The molecular weight excluding hydrogens is 415 g/mol. The number of aliphatic hydroxyl groups is 1. The molecule has 1 heterocycles. The predicted octanol–water partition coefficient (Wildman–Crippen LogP) is 4.02. The smallest absolute Gasteiger partial charge is 0.255 e. The maximum atomic E-state index is 12.2. The van der Waals surface area contributed by atoms with Gasteiger partial charge in [0.1, 0.15) is 18.9 Å². The van der Waals surface area contributed by atoms with Crippen molar-refractivity contribution in [2.24, 2.45) is 0 Å². The van der Waals surface area contributed by atoms with Crippen LogP contribution in [0, 0.1) is 6.92 Å². The number of carbonyl (C=O) groups is 1. The Kier molecular flexibility index (Phi) is 8.84. The van der Waals surface area contributed by atoms with E-state index in [2.05, 4.69) is 13.0 Å². The second kappa shape index (κ2) is 10.9. The number of nitrogens with zero attached hydrogens (tertiary/aromatic N) is 1. The largest absolute Gasteiger partial charge is 0.384 e. The topological polar surface area (TPSA) is 49.8 Å². The number of rotatable bonds is 7. The number of hydrogen-bond donors (Lipinski definition) is 1. The fraction of sp³-hybridized carbons (Fsp3) is 0.273. The fourth-order valence-corrected chi connectivity index (χ4v) is 3.05. The summed E-state index contributed by atoms with van der Waals surface area (Å²) in [6.45, 7) is 3.91. The molecule has 4 nitrogen and oxygen atoms in total. The van der Waals surface area contributed by atoms with Crippen LogP contribution >= 0.6 is 0 Å². The molecule has 2 aromatic carbocycles. The van der Waals surface area contributed by atoms with Crippen LogP contribution in [0.2, 0.25) is 0 Å². The third-order valence-electron chi connectivity index (χ3n) is 4.43. The first kappa shape index (κ1) is 22.0. The van der Waals surface area contributed by atoms with Gasteiger partial charge >= 0.3 is 0 Å². The third-order valence-corrected chi connectivity index (χ3v) is 4.43. The minimum atomic E-state index is -0.683. The van der Waals surface area contributed by atoms with Gasteiger partial charge in [-0.3, -0.25) is 9.69 Å². The van der Waals surface area contributed by atoms with Crippen molar-refractivity contribution in [2.75, 3.05) is 11.5 Å². The molecule has 5 heteroatoms. The van der Waals surface area contributed by atoms with Gasteiger partial charge in [0, 0.05) is 44.8 Å². The zero-order chi connectivity index (χ0) is 18.4. The first-order chi connectivity index (χ1) is 12.7. The van der Waals surface area contributed by atoms with Gasteiger partial charge in [-0.05, 0) is 23.3 Å². The quantitative estimate of drug-likeness (QED) is 0.524. The van der Waals surface area contributed by atoms with E-state index in [-0.39, 0.29) is 51.5 Å². The number of anilines is 1. The Morgan fingerprint density at radius 2 is 1.78 bits per heavy atom. The van der Waals surface area contributed by atoms with Crippen LogP contribution < -0.4 is 4.90 Å². The molecule has 0 saturated carbocycles. The van der Waals surface area contributed by atoms with Crippen molar-refractivity contribution in [1.82, 2.24) is 0 Å². The number of benzene rings is 2. The molecule has 1 N–H and O–H groups in total. The molecule has 1 aliphatic rings. The van der Waals surface area contributed by atoms with Crippen LogP contribution in [0.5, 0.6) is 0 Å². The zero-order valence-electron chi connectivity index (χ0n) is 15.3. The molecular formula is C22H24NO3Y-. The van der Waals surface area contributed by atoms with Crippen molar-refractivity contribution in [3.05, 3.63) is 84.8 Å². The minimum absolute atomic E-state index is 0. The minimum Gasteiger partial charge on any atom is -0.384 e. The molecule has 3 rings (SSSR count). The molecule has 2 aromatic rings. The van der Waals surface area contributed by atoms with Crippen LogP contribution in [0.15, 0.2) is 66.7 Å². The number of hydrogen-bond acceptors (Lipinski definition) is 3. The van der Waals surface area contributed by atoms with Crippen molar-refractivity contribution in [3.63, 3.8) is 0 Å². The Bertz CT molecular complexity index is 746. The SMILES string of the molecule is [CH2-]CC/C=C\CC1OCC(=O)N1c1ccc(C(O)c2ccccc2)cc1.[Y]. The van der Waals surface area contributed by atoms with E-state index in [0.29, 0.717) is 6.42 Å². The van der Waals surface area contributed by atoms with Gasteiger partial charge in [-0.1, -0.05) is 61.0 Å². The van der Waals surface area contributed by atoms with E-state index in [1.807, 2.05) is 60.7 Å². The number of allylic oxidation sites excluding steroid dienone is 1. The molecule has 2 atom stereocenters. The van der Waals surface area contributed by atoms with E-state index >= 15 is 0 Å². The van der Waals surface area contributed by atoms with E-state index < -0.39 is 6.10 Å². The van der Waals surface area contributed by atoms with Crippen molar-refractivity contribution in [2.45, 2.75) is 31.6 Å². The summed E-state index contributed by atoms with van der Waals surface area (Å²) < 4.78 is 5.62. The average molecular weight is 439 g/mol. The fourth-order valence-electron chi connectivity index (χ4n) is 3.05. The van der Waals surface area contributed by atoms with Gasteiger partial charge in [0.25, 0.3) is 5.91 Å². The maximum Gasteiger partial charge on any atom is 0.255 e. The summed E-state index contributed by atoms with van der Waals surface area (Å²) >= 11 is 0. The molecule has 0 spiro atoms. The van der Waals surface area contributed by atoms with Gasteiger partial charge in [0.15, 0.2) is 0 Å². The molecule has 1 radical (unpaired) electrons. The molecule has 0 bridgehead atoms. The number of unbranched alkanes of at least 4 members (excludes halogenated alkanes) is 1. The molecule has 139 valence electrons. The van der Waals surface area contributed by atoms with Gasteiger partial charge in [0.2, 0.25) is 0 Å². The van der Waals surface area contributed by atoms with Gasteiger partial charge < -0.3 is 16.8 Å². The number of carbonyl (C=O) groups excluding carboxylic acids is 1. The first-order valence-electron chi connectivity index (χ1n) is 8.91. The summed E-state index contributed by atoms with van der Waals surface area (Å²) in [5.41, 5.74) is 2.42. The van der Waals surface area contributed by atoms with Crippen LogP contribution in [0.1, 0.15) is 36.5 Å². The van der Waals surface area contributed by atoms with E-state index in [0.717, 1.165) is 29.7 Å². The molecule has 0 aliphatic carbocycles. The van der Waals surface area contributed by atoms with Crippen molar-refractivity contribution in [3.8, 4) is 0 Å².